The average Bonchev–Trinajstić information content (AvgIpc) is 3.15. The number of likely N-dealkylation sites (N-methyl/N-ethyl adjacent to an activating group) is 1. The summed E-state index contributed by atoms with van der Waals surface area (Å²) < 4.78 is 0. The lowest BCUT2D eigenvalue weighted by atomic mass is 9.79. The molecule has 1 aliphatic heterocycles. The van der Waals surface area contributed by atoms with Crippen LogP contribution in [0, 0.1) is 0 Å². The molecule has 2 aliphatic rings. The van der Waals surface area contributed by atoms with Gasteiger partial charge in [0.2, 0.25) is 5.91 Å². The second-order valence-electron chi connectivity index (χ2n) is 7.79. The number of piperazine rings is 1. The number of nitrogens with zero attached hydrogens (tertiary/aromatic N) is 2. The van der Waals surface area contributed by atoms with Gasteiger partial charge in [0.05, 0.1) is 11.5 Å². The lowest BCUT2D eigenvalue weighted by molar-refractivity contribution is -0.141. The summed E-state index contributed by atoms with van der Waals surface area (Å²) in [6.45, 7) is 3.33. The normalized spacial score (nSPS) is 19.7. The maximum absolute atomic E-state index is 13.1. The molecule has 1 saturated heterocycles. The van der Waals surface area contributed by atoms with Crippen LogP contribution in [0.1, 0.15) is 37.2 Å². The van der Waals surface area contributed by atoms with Crippen LogP contribution in [0.15, 0.2) is 42.5 Å². The summed E-state index contributed by atoms with van der Waals surface area (Å²) in [7, 11) is 2.08. The topological polar surface area (TPSA) is 118 Å². The number of hydrogen-bond donors (Lipinski definition) is 3. The number of carboxylic acid groups (broad SMARTS) is 2. The van der Waals surface area contributed by atoms with Crippen LogP contribution in [0.4, 0.5) is 0 Å². The molecule has 8 nitrogen and oxygen atoms in total. The van der Waals surface area contributed by atoms with Gasteiger partial charge in [0.15, 0.2) is 0 Å². The predicted octanol–water partition coefficient (Wildman–Crippen LogP) is 1.56. The van der Waals surface area contributed by atoms with Crippen LogP contribution >= 0.6 is 0 Å². The Bertz CT molecular complexity index is 734. The summed E-state index contributed by atoms with van der Waals surface area (Å²) in [5, 5.41) is 26.7. The highest BCUT2D eigenvalue weighted by Crippen LogP contribution is 2.42. The van der Waals surface area contributed by atoms with Crippen LogP contribution in [0.5, 0.6) is 0 Å². The number of carboxylic acids is 2. The Hall–Kier alpha value is -2.71. The van der Waals surface area contributed by atoms with E-state index in [0.717, 1.165) is 57.4 Å². The lowest BCUT2D eigenvalue weighted by Gasteiger charge is -2.39. The minimum atomic E-state index is -1.26. The third kappa shape index (κ3) is 6.67. The number of hydrogen-bond acceptors (Lipinski definition) is 5. The van der Waals surface area contributed by atoms with E-state index in [2.05, 4.69) is 11.9 Å². The maximum atomic E-state index is 13.1. The van der Waals surface area contributed by atoms with Gasteiger partial charge in [0, 0.05) is 38.3 Å². The molecule has 1 aliphatic carbocycles. The monoisotopic (exact) mass is 418 g/mol. The van der Waals surface area contributed by atoms with Crippen molar-refractivity contribution in [2.45, 2.75) is 37.2 Å². The molecule has 1 atom stereocenters. The Balaban J connectivity index is 0.000000343. The molecule has 8 heteroatoms. The fraction of sp³-hybridized carbons (Fsp3) is 0.500. The first-order chi connectivity index (χ1) is 14.2. The summed E-state index contributed by atoms with van der Waals surface area (Å²) in [6, 6.07) is 9.83. The Morgan fingerprint density at radius 3 is 1.90 bits per heavy atom. The molecule has 1 aromatic rings. The van der Waals surface area contributed by atoms with Crippen molar-refractivity contribution < 1.29 is 29.7 Å². The van der Waals surface area contributed by atoms with Gasteiger partial charge < -0.3 is 25.1 Å². The summed E-state index contributed by atoms with van der Waals surface area (Å²) in [6.07, 6.45) is 4.59. The van der Waals surface area contributed by atoms with E-state index in [-0.39, 0.29) is 5.91 Å². The molecule has 30 heavy (non-hydrogen) atoms. The molecular weight excluding hydrogens is 388 g/mol. The summed E-state index contributed by atoms with van der Waals surface area (Å²) in [5.74, 6) is -2.83. The van der Waals surface area contributed by atoms with Gasteiger partial charge in [-0.1, -0.05) is 43.2 Å². The second kappa shape index (κ2) is 10.9. The highest BCUT2D eigenvalue weighted by atomic mass is 16.4. The Kier molecular flexibility index (Phi) is 8.56. The second-order valence-corrected chi connectivity index (χ2v) is 7.79. The number of amides is 1. The van der Waals surface area contributed by atoms with Crippen molar-refractivity contribution in [2.24, 2.45) is 0 Å². The third-order valence-electron chi connectivity index (χ3n) is 5.57. The number of benzene rings is 1. The van der Waals surface area contributed by atoms with Crippen LogP contribution in [-0.2, 0) is 14.4 Å². The minimum Gasteiger partial charge on any atom is -0.478 e. The van der Waals surface area contributed by atoms with Gasteiger partial charge in [-0.2, -0.15) is 0 Å². The van der Waals surface area contributed by atoms with E-state index in [9.17, 15) is 19.5 Å². The molecule has 1 saturated carbocycles. The van der Waals surface area contributed by atoms with Crippen molar-refractivity contribution in [1.82, 2.24) is 9.80 Å². The number of rotatable bonds is 5. The minimum absolute atomic E-state index is 0.101. The first-order valence-corrected chi connectivity index (χ1v) is 10.1. The van der Waals surface area contributed by atoms with Crippen molar-refractivity contribution in [2.75, 3.05) is 33.2 Å². The van der Waals surface area contributed by atoms with Gasteiger partial charge >= 0.3 is 11.9 Å². The zero-order chi connectivity index (χ0) is 22.1. The van der Waals surface area contributed by atoms with Crippen LogP contribution in [0.2, 0.25) is 0 Å². The van der Waals surface area contributed by atoms with Crippen molar-refractivity contribution in [3.8, 4) is 0 Å². The number of carbonyl (C=O) groups excluding carboxylic acids is 1. The summed E-state index contributed by atoms with van der Waals surface area (Å²) in [4.78, 5) is 36.4. The summed E-state index contributed by atoms with van der Waals surface area (Å²) in [5.41, 5.74) is 0.0812. The first-order valence-electron chi connectivity index (χ1n) is 10.1. The molecule has 3 N–H and O–H groups in total. The van der Waals surface area contributed by atoms with Crippen molar-refractivity contribution >= 4 is 17.8 Å². The van der Waals surface area contributed by atoms with Gasteiger partial charge in [0.25, 0.3) is 0 Å². The SMILES string of the molecule is CN1CCN(C(=O)C(c2ccccc2)C2(O)CCCC2)CC1.O=C(O)C=CC(=O)O. The van der Waals surface area contributed by atoms with E-state index < -0.39 is 23.5 Å². The molecule has 1 amide bonds. The Labute approximate surface area is 176 Å². The fourth-order valence-electron chi connectivity index (χ4n) is 3.96. The molecule has 2 fully saturated rings. The van der Waals surface area contributed by atoms with Gasteiger partial charge in [-0.3, -0.25) is 4.79 Å². The predicted molar refractivity (Wildman–Crippen MR) is 111 cm³/mol. The highest BCUT2D eigenvalue weighted by Gasteiger charge is 2.45. The van der Waals surface area contributed by atoms with E-state index in [1.54, 1.807) is 0 Å². The van der Waals surface area contributed by atoms with Crippen LogP contribution in [0.25, 0.3) is 0 Å². The number of aliphatic hydroxyl groups is 1. The molecule has 3 rings (SSSR count). The molecule has 0 aromatic heterocycles. The molecule has 1 heterocycles. The lowest BCUT2D eigenvalue weighted by Crippen LogP contribution is -2.52. The van der Waals surface area contributed by atoms with Gasteiger partial charge in [-0.05, 0) is 25.5 Å². The van der Waals surface area contributed by atoms with Gasteiger partial charge in [0.1, 0.15) is 0 Å². The largest absolute Gasteiger partial charge is 0.478 e. The van der Waals surface area contributed by atoms with E-state index in [4.69, 9.17) is 10.2 Å². The van der Waals surface area contributed by atoms with E-state index in [0.29, 0.717) is 12.2 Å². The van der Waals surface area contributed by atoms with Crippen LogP contribution < -0.4 is 0 Å². The van der Waals surface area contributed by atoms with Crippen LogP contribution in [0.3, 0.4) is 0 Å². The van der Waals surface area contributed by atoms with Gasteiger partial charge in [-0.15, -0.1) is 0 Å². The van der Waals surface area contributed by atoms with E-state index >= 15 is 0 Å². The van der Waals surface area contributed by atoms with Crippen LogP contribution in [-0.4, -0.2) is 81.8 Å². The quantitative estimate of drug-likeness (QED) is 0.621. The molecule has 1 unspecified atom stereocenters. The molecule has 0 radical (unpaired) electrons. The smallest absolute Gasteiger partial charge is 0.328 e. The van der Waals surface area contributed by atoms with Crippen molar-refractivity contribution in [3.63, 3.8) is 0 Å². The zero-order valence-electron chi connectivity index (χ0n) is 17.2. The van der Waals surface area contributed by atoms with Crippen molar-refractivity contribution in [1.29, 1.82) is 0 Å². The molecular formula is C22H30N2O6. The standard InChI is InChI=1S/C18H26N2O2.C4H4O4/c1-19-11-13-20(14-12-19)17(21)16(15-7-3-2-4-8-15)18(22)9-5-6-10-18;5-3(6)1-2-4(7)8/h2-4,7-8,16,22H,5-6,9-14H2,1H3;1-2H,(H,5,6)(H,7,8). The number of carbonyl (C=O) groups is 3. The molecule has 164 valence electrons. The Morgan fingerprint density at radius 1 is 0.933 bits per heavy atom. The maximum Gasteiger partial charge on any atom is 0.328 e. The number of aliphatic carboxylic acids is 2. The highest BCUT2D eigenvalue weighted by molar-refractivity contribution is 5.89. The first kappa shape index (κ1) is 23.6. The molecule has 0 spiro atoms. The Morgan fingerprint density at radius 2 is 1.43 bits per heavy atom. The fourth-order valence-corrected chi connectivity index (χ4v) is 3.96. The van der Waals surface area contributed by atoms with Gasteiger partial charge in [-0.25, -0.2) is 9.59 Å². The van der Waals surface area contributed by atoms with E-state index in [1.165, 1.54) is 0 Å². The van der Waals surface area contributed by atoms with Crippen molar-refractivity contribution in [3.05, 3.63) is 48.0 Å². The molecule has 0 bridgehead atoms. The zero-order valence-corrected chi connectivity index (χ0v) is 17.2. The third-order valence-corrected chi connectivity index (χ3v) is 5.57. The van der Waals surface area contributed by atoms with E-state index in [1.807, 2.05) is 35.2 Å². The average molecular weight is 418 g/mol. The summed E-state index contributed by atoms with van der Waals surface area (Å²) >= 11 is 0. The molecule has 1 aromatic carbocycles.